The third-order valence-corrected chi connectivity index (χ3v) is 4.75. The molecule has 1 aliphatic rings. The smallest absolute Gasteiger partial charge is 0.0587 e. The SMILES string of the molecule is COCCNCC1CCN(Cc2ccccc2Br)CC1. The van der Waals surface area contributed by atoms with Gasteiger partial charge < -0.3 is 10.1 Å². The Morgan fingerprint density at radius 3 is 2.75 bits per heavy atom. The van der Waals surface area contributed by atoms with Crippen LogP contribution in [0.15, 0.2) is 28.7 Å². The van der Waals surface area contributed by atoms with Crippen LogP contribution in [0.25, 0.3) is 0 Å². The molecule has 0 unspecified atom stereocenters. The lowest BCUT2D eigenvalue weighted by Crippen LogP contribution is -2.37. The molecule has 1 aliphatic heterocycles. The van der Waals surface area contributed by atoms with Crippen molar-refractivity contribution in [1.82, 2.24) is 10.2 Å². The molecule has 0 bridgehead atoms. The minimum absolute atomic E-state index is 0.806. The van der Waals surface area contributed by atoms with E-state index in [1.165, 1.54) is 36.0 Å². The summed E-state index contributed by atoms with van der Waals surface area (Å²) in [5.74, 6) is 0.822. The number of nitrogens with one attached hydrogen (secondary N) is 1. The average Bonchev–Trinajstić information content (AvgIpc) is 2.48. The lowest BCUT2D eigenvalue weighted by molar-refractivity contribution is 0.168. The lowest BCUT2D eigenvalue weighted by Gasteiger charge is -2.32. The van der Waals surface area contributed by atoms with Crippen molar-refractivity contribution in [3.8, 4) is 0 Å². The summed E-state index contributed by atoms with van der Waals surface area (Å²) in [7, 11) is 1.75. The first-order chi connectivity index (χ1) is 9.79. The van der Waals surface area contributed by atoms with Gasteiger partial charge in [-0.25, -0.2) is 0 Å². The fourth-order valence-electron chi connectivity index (χ4n) is 2.70. The van der Waals surface area contributed by atoms with Gasteiger partial charge >= 0.3 is 0 Å². The largest absolute Gasteiger partial charge is 0.383 e. The molecule has 2 rings (SSSR count). The van der Waals surface area contributed by atoms with Crippen LogP contribution in [0, 0.1) is 5.92 Å². The molecular formula is C16H25BrN2O. The maximum Gasteiger partial charge on any atom is 0.0587 e. The van der Waals surface area contributed by atoms with Gasteiger partial charge in [0.05, 0.1) is 6.61 Å². The van der Waals surface area contributed by atoms with Gasteiger partial charge in [0.25, 0.3) is 0 Å². The fraction of sp³-hybridized carbons (Fsp3) is 0.625. The Kier molecular flexibility index (Phi) is 7.00. The standard InChI is InChI=1S/C16H25BrN2O/c1-20-11-8-18-12-14-6-9-19(10-7-14)13-15-4-2-3-5-16(15)17/h2-5,14,18H,6-13H2,1H3. The van der Waals surface area contributed by atoms with E-state index in [0.717, 1.165) is 32.2 Å². The van der Waals surface area contributed by atoms with Crippen LogP contribution in [0.5, 0.6) is 0 Å². The molecule has 1 aromatic rings. The summed E-state index contributed by atoms with van der Waals surface area (Å²) in [6, 6.07) is 8.53. The van der Waals surface area contributed by atoms with Crippen LogP contribution in [-0.4, -0.2) is 44.8 Å². The molecule has 0 aliphatic carbocycles. The van der Waals surface area contributed by atoms with E-state index in [4.69, 9.17) is 4.74 Å². The van der Waals surface area contributed by atoms with Gasteiger partial charge in [-0.05, 0) is 50.0 Å². The molecule has 1 aromatic carbocycles. The number of piperidine rings is 1. The number of hydrogen-bond donors (Lipinski definition) is 1. The normalized spacial score (nSPS) is 17.5. The maximum atomic E-state index is 5.05. The summed E-state index contributed by atoms with van der Waals surface area (Å²) >= 11 is 3.64. The van der Waals surface area contributed by atoms with Crippen molar-refractivity contribution in [3.05, 3.63) is 34.3 Å². The number of benzene rings is 1. The molecule has 0 saturated carbocycles. The van der Waals surface area contributed by atoms with Crippen LogP contribution >= 0.6 is 15.9 Å². The third kappa shape index (κ3) is 5.17. The summed E-state index contributed by atoms with van der Waals surface area (Å²) in [4.78, 5) is 2.56. The van der Waals surface area contributed by atoms with E-state index in [1.807, 2.05) is 0 Å². The second-order valence-electron chi connectivity index (χ2n) is 5.51. The number of nitrogens with zero attached hydrogens (tertiary/aromatic N) is 1. The molecule has 1 saturated heterocycles. The molecular weight excluding hydrogens is 316 g/mol. The molecule has 0 amide bonds. The van der Waals surface area contributed by atoms with Crippen LogP contribution in [0.1, 0.15) is 18.4 Å². The number of ether oxygens (including phenoxy) is 1. The molecule has 0 atom stereocenters. The summed E-state index contributed by atoms with van der Waals surface area (Å²) in [5.41, 5.74) is 1.39. The topological polar surface area (TPSA) is 24.5 Å². The van der Waals surface area contributed by atoms with Crippen molar-refractivity contribution in [3.63, 3.8) is 0 Å². The van der Waals surface area contributed by atoms with Gasteiger partial charge in [-0.2, -0.15) is 0 Å². The van der Waals surface area contributed by atoms with Crippen molar-refractivity contribution in [2.75, 3.05) is 39.9 Å². The molecule has 0 radical (unpaired) electrons. The van der Waals surface area contributed by atoms with Gasteiger partial charge in [0.15, 0.2) is 0 Å². The third-order valence-electron chi connectivity index (χ3n) is 3.97. The maximum absolute atomic E-state index is 5.05. The summed E-state index contributed by atoms with van der Waals surface area (Å²) < 4.78 is 6.28. The van der Waals surface area contributed by atoms with Crippen molar-refractivity contribution >= 4 is 15.9 Å². The van der Waals surface area contributed by atoms with Crippen LogP contribution in [-0.2, 0) is 11.3 Å². The molecule has 112 valence electrons. The van der Waals surface area contributed by atoms with Gasteiger partial charge in [0.2, 0.25) is 0 Å². The number of halogens is 1. The highest BCUT2D eigenvalue weighted by molar-refractivity contribution is 9.10. The second kappa shape index (κ2) is 8.78. The highest BCUT2D eigenvalue weighted by Crippen LogP contribution is 2.22. The zero-order valence-corrected chi connectivity index (χ0v) is 13.9. The molecule has 1 N–H and O–H groups in total. The highest BCUT2D eigenvalue weighted by atomic mass is 79.9. The van der Waals surface area contributed by atoms with E-state index in [9.17, 15) is 0 Å². The van der Waals surface area contributed by atoms with Crippen LogP contribution in [0.3, 0.4) is 0 Å². The van der Waals surface area contributed by atoms with E-state index in [0.29, 0.717) is 0 Å². The first-order valence-electron chi connectivity index (χ1n) is 7.45. The first kappa shape index (κ1) is 16.0. The number of hydrogen-bond acceptors (Lipinski definition) is 3. The van der Waals surface area contributed by atoms with Gasteiger partial charge in [0.1, 0.15) is 0 Å². The fourth-order valence-corrected chi connectivity index (χ4v) is 3.11. The molecule has 1 heterocycles. The zero-order chi connectivity index (χ0) is 14.2. The number of methoxy groups -OCH3 is 1. The van der Waals surface area contributed by atoms with Gasteiger partial charge in [0, 0.05) is 24.7 Å². The quantitative estimate of drug-likeness (QED) is 0.772. The Morgan fingerprint density at radius 1 is 1.30 bits per heavy atom. The van der Waals surface area contributed by atoms with Crippen LogP contribution in [0.4, 0.5) is 0 Å². The lowest BCUT2D eigenvalue weighted by atomic mass is 9.96. The minimum Gasteiger partial charge on any atom is -0.383 e. The number of rotatable bonds is 7. The van der Waals surface area contributed by atoms with Gasteiger partial charge in [-0.15, -0.1) is 0 Å². The van der Waals surface area contributed by atoms with Crippen molar-refractivity contribution in [2.24, 2.45) is 5.92 Å². The minimum atomic E-state index is 0.806. The van der Waals surface area contributed by atoms with Gasteiger partial charge in [-0.3, -0.25) is 4.90 Å². The molecule has 1 fully saturated rings. The molecule has 0 spiro atoms. The molecule has 4 heteroatoms. The van der Waals surface area contributed by atoms with Crippen LogP contribution in [0.2, 0.25) is 0 Å². The van der Waals surface area contributed by atoms with Crippen molar-refractivity contribution in [2.45, 2.75) is 19.4 Å². The zero-order valence-electron chi connectivity index (χ0n) is 12.3. The van der Waals surface area contributed by atoms with E-state index in [-0.39, 0.29) is 0 Å². The van der Waals surface area contributed by atoms with Gasteiger partial charge in [-0.1, -0.05) is 34.1 Å². The first-order valence-corrected chi connectivity index (χ1v) is 8.24. The Morgan fingerprint density at radius 2 is 2.05 bits per heavy atom. The van der Waals surface area contributed by atoms with Crippen molar-refractivity contribution in [1.29, 1.82) is 0 Å². The van der Waals surface area contributed by atoms with E-state index < -0.39 is 0 Å². The second-order valence-corrected chi connectivity index (χ2v) is 6.36. The Hall–Kier alpha value is -0.420. The molecule has 20 heavy (non-hydrogen) atoms. The van der Waals surface area contributed by atoms with E-state index >= 15 is 0 Å². The van der Waals surface area contributed by atoms with Crippen molar-refractivity contribution < 1.29 is 4.74 Å². The number of likely N-dealkylation sites (tertiary alicyclic amines) is 1. The predicted molar refractivity (Wildman–Crippen MR) is 86.9 cm³/mol. The summed E-state index contributed by atoms with van der Waals surface area (Å²) in [6.45, 7) is 6.38. The average molecular weight is 341 g/mol. The van der Waals surface area contributed by atoms with E-state index in [1.54, 1.807) is 7.11 Å². The monoisotopic (exact) mass is 340 g/mol. The predicted octanol–water partition coefficient (Wildman–Crippen LogP) is 2.90. The summed E-state index contributed by atoms with van der Waals surface area (Å²) in [6.07, 6.45) is 2.59. The highest BCUT2D eigenvalue weighted by Gasteiger charge is 2.19. The summed E-state index contributed by atoms with van der Waals surface area (Å²) in [5, 5.41) is 3.48. The molecule has 3 nitrogen and oxygen atoms in total. The Bertz CT molecular complexity index is 392. The Labute approximate surface area is 130 Å². The molecule has 0 aromatic heterocycles. The Balaban J connectivity index is 1.68. The van der Waals surface area contributed by atoms with E-state index in [2.05, 4.69) is 50.4 Å². The van der Waals surface area contributed by atoms with Crippen LogP contribution < -0.4 is 5.32 Å².